The molecule has 0 aliphatic heterocycles. The lowest BCUT2D eigenvalue weighted by molar-refractivity contribution is 0.538. The number of halogens is 2. The molecule has 0 aliphatic rings. The Morgan fingerprint density at radius 2 is 1.88 bits per heavy atom. The minimum atomic E-state index is -0.223. The van der Waals surface area contributed by atoms with Crippen molar-refractivity contribution >= 4 is 11.6 Å². The SMILES string of the molecule is CCCCCCC(CC)c1cc(F)cc(Cl)c1. The fourth-order valence-electron chi connectivity index (χ4n) is 2.23. The quantitative estimate of drug-likeness (QED) is 0.530. The van der Waals surface area contributed by atoms with Crippen LogP contribution in [-0.4, -0.2) is 0 Å². The van der Waals surface area contributed by atoms with E-state index in [1.54, 1.807) is 6.07 Å². The van der Waals surface area contributed by atoms with Crippen LogP contribution in [0.15, 0.2) is 18.2 Å². The van der Waals surface area contributed by atoms with Crippen LogP contribution in [-0.2, 0) is 0 Å². The van der Waals surface area contributed by atoms with Gasteiger partial charge >= 0.3 is 0 Å². The Hall–Kier alpha value is -0.560. The fraction of sp³-hybridized carbons (Fsp3) is 0.600. The van der Waals surface area contributed by atoms with Gasteiger partial charge < -0.3 is 0 Å². The molecule has 0 bridgehead atoms. The van der Waals surface area contributed by atoms with E-state index in [1.807, 2.05) is 6.07 Å². The Morgan fingerprint density at radius 1 is 1.12 bits per heavy atom. The van der Waals surface area contributed by atoms with Gasteiger partial charge in [0.2, 0.25) is 0 Å². The minimum absolute atomic E-state index is 0.223. The first-order valence-electron chi connectivity index (χ1n) is 6.63. The fourth-order valence-corrected chi connectivity index (χ4v) is 2.47. The van der Waals surface area contributed by atoms with E-state index < -0.39 is 0 Å². The predicted molar refractivity (Wildman–Crippen MR) is 73.2 cm³/mol. The molecule has 0 heterocycles. The normalized spacial score (nSPS) is 12.7. The molecule has 1 atom stereocenters. The topological polar surface area (TPSA) is 0 Å². The van der Waals surface area contributed by atoms with Gasteiger partial charge in [-0.25, -0.2) is 4.39 Å². The maximum atomic E-state index is 13.3. The molecule has 0 N–H and O–H groups in total. The first kappa shape index (κ1) is 14.5. The van der Waals surface area contributed by atoms with E-state index in [2.05, 4.69) is 13.8 Å². The van der Waals surface area contributed by atoms with E-state index in [1.165, 1.54) is 31.7 Å². The molecule has 17 heavy (non-hydrogen) atoms. The monoisotopic (exact) mass is 256 g/mol. The molecule has 0 saturated carbocycles. The van der Waals surface area contributed by atoms with E-state index in [-0.39, 0.29) is 5.82 Å². The standard InChI is InChI=1S/C15H22ClF/c1-3-5-6-7-8-12(4-2)13-9-14(16)11-15(17)10-13/h9-12H,3-8H2,1-2H3. The molecule has 1 rings (SSSR count). The van der Waals surface area contributed by atoms with Gasteiger partial charge in [-0.1, -0.05) is 51.1 Å². The van der Waals surface area contributed by atoms with Gasteiger partial charge in [-0.05, 0) is 42.5 Å². The number of hydrogen-bond acceptors (Lipinski definition) is 0. The maximum Gasteiger partial charge on any atom is 0.124 e. The second kappa shape index (κ2) is 7.71. The number of benzene rings is 1. The van der Waals surface area contributed by atoms with Crippen molar-refractivity contribution in [2.24, 2.45) is 0 Å². The summed E-state index contributed by atoms with van der Waals surface area (Å²) in [6.07, 6.45) is 7.22. The highest BCUT2D eigenvalue weighted by atomic mass is 35.5. The van der Waals surface area contributed by atoms with E-state index >= 15 is 0 Å². The summed E-state index contributed by atoms with van der Waals surface area (Å²) in [7, 11) is 0. The summed E-state index contributed by atoms with van der Waals surface area (Å²) in [5.41, 5.74) is 1.05. The van der Waals surface area contributed by atoms with Gasteiger partial charge in [0.25, 0.3) is 0 Å². The highest BCUT2D eigenvalue weighted by Gasteiger charge is 2.11. The first-order valence-corrected chi connectivity index (χ1v) is 7.01. The molecule has 0 nitrogen and oxygen atoms in total. The predicted octanol–water partition coefficient (Wildman–Crippen LogP) is 5.94. The van der Waals surface area contributed by atoms with Crippen LogP contribution in [0.1, 0.15) is 63.9 Å². The molecule has 1 aromatic carbocycles. The highest BCUT2D eigenvalue weighted by molar-refractivity contribution is 6.30. The molecule has 0 amide bonds. The molecule has 0 fully saturated rings. The minimum Gasteiger partial charge on any atom is -0.207 e. The first-order chi connectivity index (χ1) is 8.17. The Balaban J connectivity index is 2.59. The van der Waals surface area contributed by atoms with Crippen LogP contribution < -0.4 is 0 Å². The van der Waals surface area contributed by atoms with Crippen molar-refractivity contribution in [1.29, 1.82) is 0 Å². The van der Waals surface area contributed by atoms with Crippen molar-refractivity contribution in [2.45, 2.75) is 58.3 Å². The van der Waals surface area contributed by atoms with Crippen LogP contribution in [0.4, 0.5) is 4.39 Å². The third kappa shape index (κ3) is 5.08. The Kier molecular flexibility index (Phi) is 6.57. The molecule has 0 spiro atoms. The molecule has 96 valence electrons. The summed E-state index contributed by atoms with van der Waals surface area (Å²) in [6, 6.07) is 4.90. The average Bonchev–Trinajstić information content (AvgIpc) is 2.28. The van der Waals surface area contributed by atoms with Gasteiger partial charge in [-0.15, -0.1) is 0 Å². The van der Waals surface area contributed by atoms with Crippen molar-refractivity contribution in [1.82, 2.24) is 0 Å². The summed E-state index contributed by atoms with van der Waals surface area (Å²) in [5.74, 6) is 0.222. The third-order valence-electron chi connectivity index (χ3n) is 3.26. The molecule has 0 radical (unpaired) electrons. The summed E-state index contributed by atoms with van der Waals surface area (Å²) in [6.45, 7) is 4.37. The van der Waals surface area contributed by atoms with Crippen molar-refractivity contribution in [3.63, 3.8) is 0 Å². The molecule has 1 aromatic rings. The lowest BCUT2D eigenvalue weighted by Gasteiger charge is -2.15. The molecular weight excluding hydrogens is 235 g/mol. The Labute approximate surface area is 109 Å². The van der Waals surface area contributed by atoms with Gasteiger partial charge in [0.15, 0.2) is 0 Å². The van der Waals surface area contributed by atoms with Crippen molar-refractivity contribution in [3.05, 3.63) is 34.6 Å². The van der Waals surface area contributed by atoms with Crippen molar-refractivity contribution < 1.29 is 4.39 Å². The molecule has 0 aliphatic carbocycles. The summed E-state index contributed by atoms with van der Waals surface area (Å²) in [4.78, 5) is 0. The summed E-state index contributed by atoms with van der Waals surface area (Å²) < 4.78 is 13.3. The zero-order chi connectivity index (χ0) is 12.7. The third-order valence-corrected chi connectivity index (χ3v) is 3.47. The van der Waals surface area contributed by atoms with Gasteiger partial charge in [-0.2, -0.15) is 0 Å². The second-order valence-corrected chi connectivity index (χ2v) is 5.09. The second-order valence-electron chi connectivity index (χ2n) is 4.66. The Bertz CT molecular complexity index is 315. The lowest BCUT2D eigenvalue weighted by Crippen LogP contribution is -1.98. The largest absolute Gasteiger partial charge is 0.207 e. The number of rotatable bonds is 7. The van der Waals surface area contributed by atoms with Crippen LogP contribution in [0.3, 0.4) is 0 Å². The van der Waals surface area contributed by atoms with E-state index in [0.29, 0.717) is 10.9 Å². The van der Waals surface area contributed by atoms with Crippen LogP contribution in [0, 0.1) is 5.82 Å². The van der Waals surface area contributed by atoms with Gasteiger partial charge in [0.05, 0.1) is 0 Å². The molecule has 1 unspecified atom stereocenters. The zero-order valence-corrected chi connectivity index (χ0v) is 11.6. The molecule has 0 saturated heterocycles. The van der Waals surface area contributed by atoms with E-state index in [4.69, 9.17) is 11.6 Å². The highest BCUT2D eigenvalue weighted by Crippen LogP contribution is 2.28. The zero-order valence-electron chi connectivity index (χ0n) is 10.8. The van der Waals surface area contributed by atoms with Crippen LogP contribution in [0.25, 0.3) is 0 Å². The van der Waals surface area contributed by atoms with Crippen LogP contribution in [0.5, 0.6) is 0 Å². The molecule has 2 heteroatoms. The van der Waals surface area contributed by atoms with Gasteiger partial charge in [-0.3, -0.25) is 0 Å². The van der Waals surface area contributed by atoms with E-state index in [9.17, 15) is 4.39 Å². The van der Waals surface area contributed by atoms with Gasteiger partial charge in [0.1, 0.15) is 5.82 Å². The number of unbranched alkanes of at least 4 members (excludes halogenated alkanes) is 3. The van der Waals surface area contributed by atoms with Gasteiger partial charge in [0, 0.05) is 5.02 Å². The van der Waals surface area contributed by atoms with Crippen molar-refractivity contribution in [2.75, 3.05) is 0 Å². The molecular formula is C15H22ClF. The van der Waals surface area contributed by atoms with Crippen LogP contribution >= 0.6 is 11.6 Å². The summed E-state index contributed by atoms with van der Waals surface area (Å²) >= 11 is 5.89. The average molecular weight is 257 g/mol. The lowest BCUT2D eigenvalue weighted by atomic mass is 9.91. The van der Waals surface area contributed by atoms with Crippen LogP contribution in [0.2, 0.25) is 5.02 Å². The number of hydrogen-bond donors (Lipinski definition) is 0. The smallest absolute Gasteiger partial charge is 0.124 e. The maximum absolute atomic E-state index is 13.3. The van der Waals surface area contributed by atoms with Crippen molar-refractivity contribution in [3.8, 4) is 0 Å². The summed E-state index contributed by atoms with van der Waals surface area (Å²) in [5, 5.41) is 0.506. The van der Waals surface area contributed by atoms with E-state index in [0.717, 1.165) is 18.4 Å². The Morgan fingerprint density at radius 3 is 2.47 bits per heavy atom. The molecule has 0 aromatic heterocycles.